The molecule has 1 aliphatic heterocycles. The van der Waals surface area contributed by atoms with Gasteiger partial charge < -0.3 is 14.9 Å². The van der Waals surface area contributed by atoms with Crippen LogP contribution < -0.4 is 0 Å². The van der Waals surface area contributed by atoms with Gasteiger partial charge in [0, 0.05) is 0 Å². The lowest BCUT2D eigenvalue weighted by molar-refractivity contribution is -0.213. The number of aliphatic hydroxyl groups is 2. The minimum atomic E-state index is -0.795. The third-order valence-corrected chi connectivity index (χ3v) is 7.63. The molecule has 0 radical (unpaired) electrons. The Morgan fingerprint density at radius 3 is 2.68 bits per heavy atom. The van der Waals surface area contributed by atoms with Crippen molar-refractivity contribution < 1.29 is 19.7 Å². The van der Waals surface area contributed by atoms with Gasteiger partial charge >= 0.3 is 0 Å². The van der Waals surface area contributed by atoms with Gasteiger partial charge in [-0.05, 0) is 61.7 Å². The number of hydrogen-bond donors (Lipinski definition) is 2. The van der Waals surface area contributed by atoms with Crippen molar-refractivity contribution in [3.8, 4) is 0 Å². The highest BCUT2D eigenvalue weighted by molar-refractivity contribution is 5.91. The summed E-state index contributed by atoms with van der Waals surface area (Å²) in [5, 5.41) is 20.1. The molecule has 3 saturated carbocycles. The molecule has 0 aromatic rings. The molecule has 0 aromatic carbocycles. The Kier molecular flexibility index (Phi) is 3.28. The van der Waals surface area contributed by atoms with E-state index in [-0.39, 0.29) is 29.3 Å². The van der Waals surface area contributed by atoms with Crippen LogP contribution in [0.3, 0.4) is 0 Å². The molecular formula is C18H28O4. The van der Waals surface area contributed by atoms with Gasteiger partial charge in [0.25, 0.3) is 0 Å². The van der Waals surface area contributed by atoms with Crippen LogP contribution in [-0.4, -0.2) is 40.9 Å². The highest BCUT2D eigenvalue weighted by atomic mass is 16.5. The fourth-order valence-electron chi connectivity index (χ4n) is 6.24. The molecule has 1 heterocycles. The molecule has 4 aliphatic rings. The zero-order chi connectivity index (χ0) is 15.7. The fraction of sp³-hybridized carbons (Fsp3) is 0.944. The van der Waals surface area contributed by atoms with Gasteiger partial charge in [0.15, 0.2) is 5.78 Å². The Bertz CT molecular complexity index is 491. The summed E-state index contributed by atoms with van der Waals surface area (Å²) < 4.78 is 6.31. The summed E-state index contributed by atoms with van der Waals surface area (Å²) in [6.07, 6.45) is 4.82. The van der Waals surface area contributed by atoms with E-state index in [0.717, 1.165) is 32.1 Å². The summed E-state index contributed by atoms with van der Waals surface area (Å²) in [5.41, 5.74) is -0.363. The van der Waals surface area contributed by atoms with Gasteiger partial charge in [0.1, 0.15) is 6.10 Å². The van der Waals surface area contributed by atoms with Crippen LogP contribution in [0.25, 0.3) is 0 Å². The average molecular weight is 308 g/mol. The third kappa shape index (κ3) is 1.83. The molecule has 0 aromatic heterocycles. The summed E-state index contributed by atoms with van der Waals surface area (Å²) in [5.74, 6) is 1.17. The molecule has 0 bridgehead atoms. The van der Waals surface area contributed by atoms with Gasteiger partial charge in [-0.2, -0.15) is 0 Å². The number of aliphatic hydroxyl groups excluding tert-OH is 2. The maximum absolute atomic E-state index is 12.4. The van der Waals surface area contributed by atoms with Crippen LogP contribution in [0.5, 0.6) is 0 Å². The Balaban J connectivity index is 1.64. The predicted molar refractivity (Wildman–Crippen MR) is 81.1 cm³/mol. The van der Waals surface area contributed by atoms with Gasteiger partial charge in [-0.1, -0.05) is 13.8 Å². The first-order chi connectivity index (χ1) is 10.4. The lowest BCUT2D eigenvalue weighted by Gasteiger charge is -2.59. The van der Waals surface area contributed by atoms with Crippen molar-refractivity contribution in [1.82, 2.24) is 0 Å². The zero-order valence-corrected chi connectivity index (χ0v) is 13.6. The molecule has 2 N–H and O–H groups in total. The van der Waals surface area contributed by atoms with Crippen LogP contribution in [-0.2, 0) is 9.53 Å². The minimum Gasteiger partial charge on any atom is -0.393 e. The van der Waals surface area contributed by atoms with Crippen LogP contribution in [0, 0.1) is 28.6 Å². The fourth-order valence-corrected chi connectivity index (χ4v) is 6.24. The van der Waals surface area contributed by atoms with Crippen LogP contribution in [0.1, 0.15) is 52.4 Å². The quantitative estimate of drug-likeness (QED) is 0.717. The second kappa shape index (κ2) is 4.78. The molecule has 3 aliphatic carbocycles. The van der Waals surface area contributed by atoms with E-state index in [1.807, 2.05) is 6.92 Å². The summed E-state index contributed by atoms with van der Waals surface area (Å²) in [7, 11) is 0. The van der Waals surface area contributed by atoms with Crippen molar-refractivity contribution >= 4 is 5.78 Å². The number of Topliss-reactive ketones (excluding diaryl/α,β-unsaturated/α-hetero) is 1. The van der Waals surface area contributed by atoms with Crippen molar-refractivity contribution in [2.75, 3.05) is 6.61 Å². The van der Waals surface area contributed by atoms with Crippen LogP contribution in [0.2, 0.25) is 0 Å². The molecule has 0 amide bonds. The van der Waals surface area contributed by atoms with Gasteiger partial charge in [-0.3, -0.25) is 4.79 Å². The molecule has 4 heteroatoms. The summed E-state index contributed by atoms with van der Waals surface area (Å²) in [6, 6.07) is 0. The van der Waals surface area contributed by atoms with Crippen LogP contribution in [0.4, 0.5) is 0 Å². The van der Waals surface area contributed by atoms with E-state index < -0.39 is 11.5 Å². The first kappa shape index (κ1) is 15.1. The summed E-state index contributed by atoms with van der Waals surface area (Å²) in [6.45, 7) is 4.78. The van der Waals surface area contributed by atoms with Crippen molar-refractivity contribution in [3.05, 3.63) is 0 Å². The lowest BCUT2D eigenvalue weighted by atomic mass is 9.51. The Morgan fingerprint density at radius 1 is 1.14 bits per heavy atom. The normalized spacial score (nSPS) is 57.9. The third-order valence-electron chi connectivity index (χ3n) is 7.63. The summed E-state index contributed by atoms with van der Waals surface area (Å²) in [4.78, 5) is 12.4. The van der Waals surface area contributed by atoms with Gasteiger partial charge in [0.05, 0.1) is 24.2 Å². The van der Waals surface area contributed by atoms with Crippen molar-refractivity contribution in [1.29, 1.82) is 0 Å². The van der Waals surface area contributed by atoms with E-state index in [1.54, 1.807) is 0 Å². The second-order valence-electron chi connectivity index (χ2n) is 8.74. The first-order valence-corrected chi connectivity index (χ1v) is 8.88. The molecule has 4 rings (SSSR count). The molecule has 22 heavy (non-hydrogen) atoms. The number of ether oxygens (including phenoxy) is 1. The lowest BCUT2D eigenvalue weighted by Crippen LogP contribution is -2.59. The monoisotopic (exact) mass is 308 g/mol. The molecule has 0 spiro atoms. The largest absolute Gasteiger partial charge is 0.393 e. The molecule has 0 unspecified atom stereocenters. The Morgan fingerprint density at radius 2 is 1.91 bits per heavy atom. The maximum Gasteiger partial charge on any atom is 0.169 e. The number of rotatable bonds is 0. The first-order valence-electron chi connectivity index (χ1n) is 8.88. The van der Waals surface area contributed by atoms with Crippen molar-refractivity contribution in [3.63, 3.8) is 0 Å². The molecule has 1 saturated heterocycles. The van der Waals surface area contributed by atoms with Gasteiger partial charge in [-0.15, -0.1) is 0 Å². The van der Waals surface area contributed by atoms with Gasteiger partial charge in [-0.25, -0.2) is 0 Å². The van der Waals surface area contributed by atoms with E-state index in [1.165, 1.54) is 0 Å². The Labute approximate surface area is 132 Å². The summed E-state index contributed by atoms with van der Waals surface area (Å²) >= 11 is 0. The number of ketones is 1. The van der Waals surface area contributed by atoms with E-state index in [0.29, 0.717) is 24.9 Å². The zero-order valence-electron chi connectivity index (χ0n) is 13.6. The molecule has 4 nitrogen and oxygen atoms in total. The van der Waals surface area contributed by atoms with Crippen LogP contribution in [0.15, 0.2) is 0 Å². The predicted octanol–water partition coefficient (Wildman–Crippen LogP) is 1.92. The maximum atomic E-state index is 12.4. The number of hydrogen-bond acceptors (Lipinski definition) is 4. The number of carbonyl (C=O) groups is 1. The van der Waals surface area contributed by atoms with Gasteiger partial charge in [0.2, 0.25) is 0 Å². The molecule has 8 atom stereocenters. The second-order valence-corrected chi connectivity index (χ2v) is 8.74. The highest BCUT2D eigenvalue weighted by Gasteiger charge is 2.63. The van der Waals surface area contributed by atoms with Crippen molar-refractivity contribution in [2.24, 2.45) is 28.6 Å². The molecular weight excluding hydrogens is 280 g/mol. The van der Waals surface area contributed by atoms with Crippen molar-refractivity contribution in [2.45, 2.75) is 70.7 Å². The molecule has 4 fully saturated rings. The molecule has 124 valence electrons. The number of fused-ring (bicyclic) bond motifs is 5. The van der Waals surface area contributed by atoms with E-state index in [4.69, 9.17) is 4.74 Å². The smallest absolute Gasteiger partial charge is 0.169 e. The number of carbonyl (C=O) groups excluding carboxylic acids is 1. The highest BCUT2D eigenvalue weighted by Crippen LogP contribution is 2.61. The van der Waals surface area contributed by atoms with E-state index >= 15 is 0 Å². The average Bonchev–Trinajstić information content (AvgIpc) is 2.72. The van der Waals surface area contributed by atoms with E-state index in [2.05, 4.69) is 6.92 Å². The topological polar surface area (TPSA) is 66.8 Å². The van der Waals surface area contributed by atoms with E-state index in [9.17, 15) is 15.0 Å². The standard InChI is InChI=1S/C18H28O4/c1-17-6-5-11(19)7-10(17)3-4-12-13-8-14(20)15(21)18(13,2)9-22-16(12)17/h10-14,16,19-20H,3-9H2,1-2H3/t10-,11-,12-,13-,14+,16-,17-,18-/m0/s1. The van der Waals surface area contributed by atoms with Crippen LogP contribution >= 0.6 is 0 Å². The minimum absolute atomic E-state index is 0.0118. The SMILES string of the molecule is C[C@]12CC[C@H](O)C[C@@H]1CC[C@@H]1[C@@H]2OC[C@]2(C)C(=O)[C@H](O)C[C@@H]12. The Hall–Kier alpha value is -0.450.